The molecule has 0 bridgehead atoms. The third-order valence-electron chi connectivity index (χ3n) is 2.33. The van der Waals surface area contributed by atoms with Gasteiger partial charge in [-0.25, -0.2) is 0 Å². The van der Waals surface area contributed by atoms with Gasteiger partial charge in [0.1, 0.15) is 5.75 Å². The van der Waals surface area contributed by atoms with Crippen molar-refractivity contribution in [2.24, 2.45) is 5.11 Å². The Morgan fingerprint density at radius 2 is 2.20 bits per heavy atom. The van der Waals surface area contributed by atoms with Gasteiger partial charge in [0.25, 0.3) is 0 Å². The molecule has 0 unspecified atom stereocenters. The van der Waals surface area contributed by atoms with Crippen molar-refractivity contribution in [3.8, 4) is 17.2 Å². The summed E-state index contributed by atoms with van der Waals surface area (Å²) in [7, 11) is 1.49. The van der Waals surface area contributed by atoms with E-state index in [4.69, 9.17) is 19.7 Å². The first-order valence-electron chi connectivity index (χ1n) is 6.23. The van der Waals surface area contributed by atoms with Crippen molar-refractivity contribution in [1.29, 1.82) is 0 Å². The number of hydrogen-bond donors (Lipinski definition) is 0. The Balaban J connectivity index is 2.69. The van der Waals surface area contributed by atoms with Gasteiger partial charge >= 0.3 is 5.97 Å². The molecule has 0 saturated heterocycles. The molecule has 7 nitrogen and oxygen atoms in total. The number of esters is 1. The van der Waals surface area contributed by atoms with Crippen LogP contribution in [0.3, 0.4) is 0 Å². The Kier molecular flexibility index (Phi) is 6.78. The summed E-state index contributed by atoms with van der Waals surface area (Å²) in [6.07, 6.45) is 1.10. The van der Waals surface area contributed by atoms with E-state index in [2.05, 4.69) is 10.0 Å². The van der Waals surface area contributed by atoms with Crippen LogP contribution >= 0.6 is 0 Å². The monoisotopic (exact) mass is 279 g/mol. The summed E-state index contributed by atoms with van der Waals surface area (Å²) in [6, 6.07) is 4.85. The minimum absolute atomic E-state index is 0.229. The molecule has 0 aromatic heterocycles. The fourth-order valence-corrected chi connectivity index (χ4v) is 1.46. The van der Waals surface area contributed by atoms with Crippen LogP contribution < -0.4 is 14.2 Å². The summed E-state index contributed by atoms with van der Waals surface area (Å²) in [4.78, 5) is 14.0. The molecule has 0 amide bonds. The minimum Gasteiger partial charge on any atom is -0.493 e. The van der Waals surface area contributed by atoms with Crippen LogP contribution in [0.25, 0.3) is 10.4 Å². The van der Waals surface area contributed by atoms with E-state index in [0.29, 0.717) is 23.7 Å². The number of hydrogen-bond acceptors (Lipinski definition) is 5. The topological polar surface area (TPSA) is 93.5 Å². The molecule has 108 valence electrons. The number of benzene rings is 1. The van der Waals surface area contributed by atoms with E-state index >= 15 is 0 Å². The molecule has 0 spiro atoms. The number of nitrogens with zero attached hydrogens (tertiary/aromatic N) is 3. The molecule has 20 heavy (non-hydrogen) atoms. The molecular formula is C13H17N3O4. The fraction of sp³-hybridized carbons (Fsp3) is 0.462. The first-order chi connectivity index (χ1) is 9.71. The molecule has 0 radical (unpaired) electrons. The summed E-state index contributed by atoms with van der Waals surface area (Å²) in [6.45, 7) is 2.38. The lowest BCUT2D eigenvalue weighted by atomic mass is 10.3. The van der Waals surface area contributed by atoms with E-state index in [0.717, 1.165) is 6.42 Å². The lowest BCUT2D eigenvalue weighted by molar-refractivity contribution is -0.134. The maximum absolute atomic E-state index is 11.4. The molecule has 0 N–H and O–H groups in total. The summed E-state index contributed by atoms with van der Waals surface area (Å²) in [5, 5.41) is 3.37. The van der Waals surface area contributed by atoms with Crippen LogP contribution in [0.2, 0.25) is 0 Å². The third-order valence-corrected chi connectivity index (χ3v) is 2.33. The minimum atomic E-state index is -0.286. The molecule has 0 aliphatic carbocycles. The van der Waals surface area contributed by atoms with Gasteiger partial charge in [0, 0.05) is 17.4 Å². The van der Waals surface area contributed by atoms with Gasteiger partial charge in [0.05, 0.1) is 20.3 Å². The maximum atomic E-state index is 11.4. The predicted octanol–water partition coefficient (Wildman–Crippen LogP) is 3.09. The van der Waals surface area contributed by atoms with Gasteiger partial charge in [-0.1, -0.05) is 12.0 Å². The fourth-order valence-electron chi connectivity index (χ4n) is 1.46. The largest absolute Gasteiger partial charge is 0.493 e. The Bertz CT molecular complexity index is 498. The normalized spacial score (nSPS) is 9.50. The third kappa shape index (κ3) is 5.07. The molecule has 0 fully saturated rings. The first kappa shape index (κ1) is 15.7. The van der Waals surface area contributed by atoms with Crippen LogP contribution in [-0.4, -0.2) is 26.2 Å². The molecule has 0 aliphatic rings. The highest BCUT2D eigenvalue weighted by atomic mass is 16.5. The van der Waals surface area contributed by atoms with Crippen LogP contribution in [0.1, 0.15) is 19.8 Å². The van der Waals surface area contributed by atoms with Crippen LogP contribution in [0.4, 0.5) is 0 Å². The van der Waals surface area contributed by atoms with Crippen molar-refractivity contribution in [3.63, 3.8) is 0 Å². The van der Waals surface area contributed by atoms with E-state index in [1.54, 1.807) is 18.2 Å². The highest BCUT2D eigenvalue weighted by molar-refractivity contribution is 5.72. The second-order valence-electron chi connectivity index (χ2n) is 3.84. The van der Waals surface area contributed by atoms with E-state index in [9.17, 15) is 4.79 Å². The SMILES string of the molecule is CCCC(=O)Oc1ccc(OCCN=[N+]=[N-])c(OC)c1. The molecule has 1 rings (SSSR count). The summed E-state index contributed by atoms with van der Waals surface area (Å²) < 4.78 is 15.7. The van der Waals surface area contributed by atoms with Crippen molar-refractivity contribution in [1.82, 2.24) is 0 Å². The van der Waals surface area contributed by atoms with Crippen molar-refractivity contribution in [2.45, 2.75) is 19.8 Å². The van der Waals surface area contributed by atoms with Gasteiger partial charge in [-0.05, 0) is 24.1 Å². The number of methoxy groups -OCH3 is 1. The summed E-state index contributed by atoms with van der Waals surface area (Å²) >= 11 is 0. The number of azide groups is 1. The average Bonchev–Trinajstić information content (AvgIpc) is 2.44. The van der Waals surface area contributed by atoms with Crippen LogP contribution in [0.15, 0.2) is 23.3 Å². The van der Waals surface area contributed by atoms with Crippen LogP contribution in [-0.2, 0) is 4.79 Å². The number of rotatable bonds is 8. The lowest BCUT2D eigenvalue weighted by Crippen LogP contribution is -2.07. The van der Waals surface area contributed by atoms with Gasteiger partial charge in [-0.3, -0.25) is 4.79 Å². The van der Waals surface area contributed by atoms with E-state index in [1.807, 2.05) is 6.92 Å². The second kappa shape index (κ2) is 8.66. The van der Waals surface area contributed by atoms with Crippen molar-refractivity contribution >= 4 is 5.97 Å². The predicted molar refractivity (Wildman–Crippen MR) is 73.0 cm³/mol. The van der Waals surface area contributed by atoms with Gasteiger partial charge in [-0.2, -0.15) is 0 Å². The zero-order valence-corrected chi connectivity index (χ0v) is 11.5. The summed E-state index contributed by atoms with van der Waals surface area (Å²) in [5.41, 5.74) is 8.16. The number of carbonyl (C=O) groups excluding carboxylic acids is 1. The second-order valence-corrected chi connectivity index (χ2v) is 3.84. The number of ether oxygens (including phenoxy) is 3. The van der Waals surface area contributed by atoms with Crippen molar-refractivity contribution in [2.75, 3.05) is 20.3 Å². The maximum Gasteiger partial charge on any atom is 0.311 e. The average molecular weight is 279 g/mol. The molecule has 0 atom stereocenters. The Labute approximate surface area is 117 Å². The highest BCUT2D eigenvalue weighted by Gasteiger charge is 2.09. The first-order valence-corrected chi connectivity index (χ1v) is 6.23. The highest BCUT2D eigenvalue weighted by Crippen LogP contribution is 2.31. The zero-order chi connectivity index (χ0) is 14.8. The molecule has 1 aromatic carbocycles. The van der Waals surface area contributed by atoms with E-state index in [-0.39, 0.29) is 19.1 Å². The van der Waals surface area contributed by atoms with Crippen molar-refractivity contribution in [3.05, 3.63) is 28.6 Å². The number of carbonyl (C=O) groups is 1. The Morgan fingerprint density at radius 1 is 1.40 bits per heavy atom. The zero-order valence-electron chi connectivity index (χ0n) is 11.5. The molecular weight excluding hydrogens is 262 g/mol. The summed E-state index contributed by atoms with van der Waals surface area (Å²) in [5.74, 6) is 1.07. The van der Waals surface area contributed by atoms with E-state index in [1.165, 1.54) is 7.11 Å². The van der Waals surface area contributed by atoms with Crippen LogP contribution in [0, 0.1) is 0 Å². The quantitative estimate of drug-likeness (QED) is 0.182. The Morgan fingerprint density at radius 3 is 2.85 bits per heavy atom. The van der Waals surface area contributed by atoms with Crippen molar-refractivity contribution < 1.29 is 19.0 Å². The van der Waals surface area contributed by atoms with Gasteiger partial charge in [0.2, 0.25) is 0 Å². The molecule has 0 heterocycles. The molecule has 7 heteroatoms. The molecule has 0 saturated carbocycles. The smallest absolute Gasteiger partial charge is 0.311 e. The van der Waals surface area contributed by atoms with Gasteiger partial charge < -0.3 is 14.2 Å². The van der Waals surface area contributed by atoms with Gasteiger partial charge in [-0.15, -0.1) is 0 Å². The standard InChI is InChI=1S/C13H17N3O4/c1-3-4-13(17)20-10-5-6-11(12(9-10)18-2)19-8-7-15-16-14/h5-6,9H,3-4,7-8H2,1-2H3. The molecule has 0 aliphatic heterocycles. The molecule has 1 aromatic rings. The Hall–Kier alpha value is -2.40. The van der Waals surface area contributed by atoms with E-state index < -0.39 is 0 Å². The van der Waals surface area contributed by atoms with Gasteiger partial charge in [0.15, 0.2) is 11.5 Å². The lowest BCUT2D eigenvalue weighted by Gasteiger charge is -2.11. The van der Waals surface area contributed by atoms with Crippen LogP contribution in [0.5, 0.6) is 17.2 Å².